The van der Waals surface area contributed by atoms with E-state index in [1.807, 2.05) is 43.3 Å². The topological polar surface area (TPSA) is 69.0 Å². The van der Waals surface area contributed by atoms with Gasteiger partial charge in [-0.05, 0) is 31.2 Å². The molecule has 2 heterocycles. The number of carbonyl (C=O) groups excluding carboxylic acids is 1. The Kier molecular flexibility index (Phi) is 4.75. The predicted octanol–water partition coefficient (Wildman–Crippen LogP) is 4.48. The van der Waals surface area contributed by atoms with Crippen LogP contribution in [-0.2, 0) is 5.41 Å². The van der Waals surface area contributed by atoms with Crippen LogP contribution >= 0.6 is 0 Å². The molecule has 0 aliphatic rings. The number of benzene rings is 1. The highest BCUT2D eigenvalue weighted by molar-refractivity contribution is 5.85. The molecule has 0 spiro atoms. The SMILES string of the molecule is Cc1cc(-n2nc(C(C)(C)C)cc2NC(=O)Oc2ccccc2)ccn1. The van der Waals surface area contributed by atoms with Crippen LogP contribution in [0.25, 0.3) is 5.69 Å². The van der Waals surface area contributed by atoms with Crippen LogP contribution in [0.3, 0.4) is 0 Å². The number of anilines is 1. The summed E-state index contributed by atoms with van der Waals surface area (Å²) in [6.07, 6.45) is 1.15. The fourth-order valence-electron chi connectivity index (χ4n) is 2.42. The molecule has 6 nitrogen and oxygen atoms in total. The third-order valence-electron chi connectivity index (χ3n) is 3.79. The first-order chi connectivity index (χ1) is 12.3. The van der Waals surface area contributed by atoms with Crippen molar-refractivity contribution in [2.75, 3.05) is 5.32 Å². The highest BCUT2D eigenvalue weighted by atomic mass is 16.6. The van der Waals surface area contributed by atoms with Gasteiger partial charge in [-0.2, -0.15) is 5.10 Å². The molecule has 0 unspecified atom stereocenters. The van der Waals surface area contributed by atoms with Gasteiger partial charge in [-0.15, -0.1) is 0 Å². The van der Waals surface area contributed by atoms with Crippen LogP contribution in [-0.4, -0.2) is 20.9 Å². The van der Waals surface area contributed by atoms with Gasteiger partial charge >= 0.3 is 6.09 Å². The van der Waals surface area contributed by atoms with Gasteiger partial charge in [-0.25, -0.2) is 9.48 Å². The van der Waals surface area contributed by atoms with Crippen molar-refractivity contribution >= 4 is 11.9 Å². The molecule has 0 saturated carbocycles. The van der Waals surface area contributed by atoms with Crippen molar-refractivity contribution in [2.24, 2.45) is 0 Å². The molecule has 3 rings (SSSR count). The second kappa shape index (κ2) is 7.00. The molecule has 0 bridgehead atoms. The fourth-order valence-corrected chi connectivity index (χ4v) is 2.42. The first-order valence-electron chi connectivity index (χ1n) is 8.40. The summed E-state index contributed by atoms with van der Waals surface area (Å²) in [4.78, 5) is 16.5. The fraction of sp³-hybridized carbons (Fsp3) is 0.250. The number of carbonyl (C=O) groups is 1. The first-order valence-corrected chi connectivity index (χ1v) is 8.40. The van der Waals surface area contributed by atoms with Crippen molar-refractivity contribution in [3.05, 3.63) is 66.1 Å². The van der Waals surface area contributed by atoms with E-state index in [9.17, 15) is 4.79 Å². The number of amides is 1. The van der Waals surface area contributed by atoms with Crippen molar-refractivity contribution in [1.82, 2.24) is 14.8 Å². The Bertz CT molecular complexity index is 911. The van der Waals surface area contributed by atoms with Gasteiger partial charge < -0.3 is 4.74 Å². The molecule has 2 aromatic heterocycles. The molecule has 3 aromatic rings. The molecule has 1 aromatic carbocycles. The van der Waals surface area contributed by atoms with Gasteiger partial charge in [0.25, 0.3) is 0 Å². The van der Waals surface area contributed by atoms with Gasteiger partial charge in [0.2, 0.25) is 0 Å². The molecular weight excluding hydrogens is 328 g/mol. The molecule has 0 radical (unpaired) electrons. The number of nitrogens with zero attached hydrogens (tertiary/aromatic N) is 3. The maximum absolute atomic E-state index is 12.3. The second-order valence-corrected chi connectivity index (χ2v) is 7.06. The van der Waals surface area contributed by atoms with Crippen LogP contribution in [0, 0.1) is 6.92 Å². The van der Waals surface area contributed by atoms with E-state index in [4.69, 9.17) is 4.74 Å². The van der Waals surface area contributed by atoms with E-state index in [1.54, 1.807) is 23.0 Å². The van der Waals surface area contributed by atoms with Gasteiger partial charge in [0.05, 0.1) is 11.4 Å². The van der Waals surface area contributed by atoms with Gasteiger partial charge in [-0.3, -0.25) is 10.3 Å². The summed E-state index contributed by atoms with van der Waals surface area (Å²) in [6, 6.07) is 14.6. The zero-order chi connectivity index (χ0) is 18.7. The zero-order valence-electron chi connectivity index (χ0n) is 15.4. The minimum Gasteiger partial charge on any atom is -0.410 e. The van der Waals surface area contributed by atoms with Crippen LogP contribution in [0.5, 0.6) is 5.75 Å². The van der Waals surface area contributed by atoms with Crippen LogP contribution < -0.4 is 10.1 Å². The average Bonchev–Trinajstić information content (AvgIpc) is 2.99. The normalized spacial score (nSPS) is 11.2. The molecule has 0 fully saturated rings. The number of rotatable bonds is 3. The van der Waals surface area contributed by atoms with E-state index < -0.39 is 6.09 Å². The van der Waals surface area contributed by atoms with E-state index in [1.165, 1.54) is 0 Å². The second-order valence-electron chi connectivity index (χ2n) is 7.06. The molecule has 0 saturated heterocycles. The number of ether oxygens (including phenoxy) is 1. The van der Waals surface area contributed by atoms with Gasteiger partial charge in [0, 0.05) is 23.4 Å². The Labute approximate surface area is 152 Å². The molecule has 1 N–H and O–H groups in total. The lowest BCUT2D eigenvalue weighted by atomic mass is 9.92. The average molecular weight is 350 g/mol. The number of aromatic nitrogens is 3. The van der Waals surface area contributed by atoms with E-state index >= 15 is 0 Å². The third-order valence-corrected chi connectivity index (χ3v) is 3.79. The summed E-state index contributed by atoms with van der Waals surface area (Å²) in [5.41, 5.74) is 2.39. The van der Waals surface area contributed by atoms with Crippen molar-refractivity contribution in [1.29, 1.82) is 0 Å². The molecule has 134 valence electrons. The molecule has 6 heteroatoms. The maximum Gasteiger partial charge on any atom is 0.418 e. The summed E-state index contributed by atoms with van der Waals surface area (Å²) < 4.78 is 7.02. The van der Waals surface area contributed by atoms with Crippen LogP contribution in [0.2, 0.25) is 0 Å². The first kappa shape index (κ1) is 17.7. The van der Waals surface area contributed by atoms with Crippen LogP contribution in [0.1, 0.15) is 32.2 Å². The Morgan fingerprint density at radius 2 is 1.85 bits per heavy atom. The molecule has 0 aliphatic heterocycles. The number of para-hydroxylation sites is 1. The number of pyridine rings is 1. The van der Waals surface area contributed by atoms with Gasteiger partial charge in [0.1, 0.15) is 11.6 Å². The van der Waals surface area contributed by atoms with Crippen LogP contribution in [0.15, 0.2) is 54.7 Å². The smallest absolute Gasteiger partial charge is 0.410 e. The summed E-state index contributed by atoms with van der Waals surface area (Å²) in [6.45, 7) is 8.13. The molecule has 1 amide bonds. The standard InChI is InChI=1S/C20H22N4O2/c1-14-12-15(10-11-21-14)24-18(13-17(23-24)20(2,3)4)22-19(25)26-16-8-6-5-7-9-16/h5-13H,1-4H3,(H,22,25). The number of aryl methyl sites for hydroxylation is 1. The summed E-state index contributed by atoms with van der Waals surface area (Å²) in [7, 11) is 0. The van der Waals surface area contributed by atoms with Crippen molar-refractivity contribution in [3.8, 4) is 11.4 Å². The van der Waals surface area contributed by atoms with Crippen molar-refractivity contribution in [2.45, 2.75) is 33.1 Å². The Morgan fingerprint density at radius 3 is 2.50 bits per heavy atom. The van der Waals surface area contributed by atoms with Gasteiger partial charge in [-0.1, -0.05) is 39.0 Å². The van der Waals surface area contributed by atoms with E-state index in [-0.39, 0.29) is 5.41 Å². The van der Waals surface area contributed by atoms with Crippen molar-refractivity contribution < 1.29 is 9.53 Å². The lowest BCUT2D eigenvalue weighted by molar-refractivity contribution is 0.215. The number of hydrogen-bond acceptors (Lipinski definition) is 4. The summed E-state index contributed by atoms with van der Waals surface area (Å²) in [5.74, 6) is 1.02. The van der Waals surface area contributed by atoms with Crippen molar-refractivity contribution in [3.63, 3.8) is 0 Å². The molecule has 0 atom stereocenters. The minimum absolute atomic E-state index is 0.160. The maximum atomic E-state index is 12.3. The predicted molar refractivity (Wildman–Crippen MR) is 101 cm³/mol. The Morgan fingerprint density at radius 1 is 1.12 bits per heavy atom. The lowest BCUT2D eigenvalue weighted by Crippen LogP contribution is -2.19. The number of hydrogen-bond donors (Lipinski definition) is 1. The van der Waals surface area contributed by atoms with E-state index in [0.29, 0.717) is 11.6 Å². The molecule has 0 aliphatic carbocycles. The quantitative estimate of drug-likeness (QED) is 0.756. The highest BCUT2D eigenvalue weighted by Crippen LogP contribution is 2.26. The molecular formula is C20H22N4O2. The minimum atomic E-state index is -0.566. The lowest BCUT2D eigenvalue weighted by Gasteiger charge is -2.14. The monoisotopic (exact) mass is 350 g/mol. The summed E-state index contributed by atoms with van der Waals surface area (Å²) in [5, 5.41) is 7.46. The number of nitrogens with one attached hydrogen (secondary N) is 1. The third kappa shape index (κ3) is 4.08. The van der Waals surface area contributed by atoms with E-state index in [0.717, 1.165) is 17.1 Å². The highest BCUT2D eigenvalue weighted by Gasteiger charge is 2.22. The Balaban J connectivity index is 1.92. The largest absolute Gasteiger partial charge is 0.418 e. The summed E-state index contributed by atoms with van der Waals surface area (Å²) >= 11 is 0. The Hall–Kier alpha value is -3.15. The zero-order valence-corrected chi connectivity index (χ0v) is 15.4. The van der Waals surface area contributed by atoms with E-state index in [2.05, 4.69) is 36.2 Å². The van der Waals surface area contributed by atoms with Crippen LogP contribution in [0.4, 0.5) is 10.6 Å². The molecule has 26 heavy (non-hydrogen) atoms. The van der Waals surface area contributed by atoms with Gasteiger partial charge in [0.15, 0.2) is 0 Å².